The zero-order valence-electron chi connectivity index (χ0n) is 7.31. The van der Waals surface area contributed by atoms with Crippen molar-refractivity contribution in [3.05, 3.63) is 12.8 Å². The van der Waals surface area contributed by atoms with Gasteiger partial charge in [-0.1, -0.05) is 19.9 Å². The Morgan fingerprint density at radius 3 is 2.50 bits per heavy atom. The quantitative estimate of drug-likeness (QED) is 0.536. The molecule has 0 aromatic heterocycles. The molecule has 0 aliphatic carbocycles. The van der Waals surface area contributed by atoms with Crippen LogP contribution >= 0.6 is 0 Å². The molecule has 1 heteroatoms. The number of ether oxygens (including phenoxy) is 1. The van der Waals surface area contributed by atoms with E-state index in [1.807, 2.05) is 0 Å². The van der Waals surface area contributed by atoms with Crippen molar-refractivity contribution in [3.8, 4) is 0 Å². The van der Waals surface area contributed by atoms with Gasteiger partial charge in [-0.25, -0.2) is 0 Å². The van der Waals surface area contributed by atoms with Gasteiger partial charge in [-0.15, -0.1) is 0 Å². The van der Waals surface area contributed by atoms with Gasteiger partial charge in [0.15, 0.2) is 0 Å². The van der Waals surface area contributed by atoms with Gasteiger partial charge in [-0.2, -0.15) is 0 Å². The second kappa shape index (κ2) is 4.37. The van der Waals surface area contributed by atoms with Gasteiger partial charge in [-0.05, 0) is 26.7 Å². The fourth-order valence-electron chi connectivity index (χ4n) is 0.887. The van der Waals surface area contributed by atoms with E-state index in [1.165, 1.54) is 19.1 Å². The van der Waals surface area contributed by atoms with Crippen LogP contribution in [0.1, 0.15) is 40.0 Å². The maximum Gasteiger partial charge on any atom is 0.103 e. The summed E-state index contributed by atoms with van der Waals surface area (Å²) in [7, 11) is 0. The minimum absolute atomic E-state index is 0.0161. The van der Waals surface area contributed by atoms with Gasteiger partial charge in [0, 0.05) is 0 Å². The fraction of sp³-hybridized carbons (Fsp3) is 0.778. The molecule has 10 heavy (non-hydrogen) atoms. The zero-order chi connectivity index (χ0) is 8.04. The van der Waals surface area contributed by atoms with Crippen LogP contribution in [0.4, 0.5) is 0 Å². The van der Waals surface area contributed by atoms with Crippen molar-refractivity contribution in [2.75, 3.05) is 0 Å². The molecule has 60 valence electrons. The van der Waals surface area contributed by atoms with Gasteiger partial charge in [-0.3, -0.25) is 0 Å². The summed E-state index contributed by atoms with van der Waals surface area (Å²) < 4.78 is 5.30. The second-order valence-electron chi connectivity index (χ2n) is 3.15. The number of hydrogen-bond donors (Lipinski definition) is 0. The Bertz CT molecular complexity index is 94.9. The standard InChI is InChI=1S/C9H18O/c1-5-7-8-9(3,4)10-6-2/h6H,2,5,7-8H2,1,3-4H3. The van der Waals surface area contributed by atoms with E-state index in [-0.39, 0.29) is 5.60 Å². The van der Waals surface area contributed by atoms with E-state index in [4.69, 9.17) is 4.74 Å². The molecule has 0 amide bonds. The monoisotopic (exact) mass is 142 g/mol. The summed E-state index contributed by atoms with van der Waals surface area (Å²) in [6, 6.07) is 0. The molecule has 0 saturated heterocycles. The first-order chi connectivity index (χ1) is 4.62. The predicted molar refractivity (Wildman–Crippen MR) is 44.9 cm³/mol. The van der Waals surface area contributed by atoms with Crippen LogP contribution in [0.25, 0.3) is 0 Å². The van der Waals surface area contributed by atoms with E-state index in [9.17, 15) is 0 Å². The highest BCUT2D eigenvalue weighted by Crippen LogP contribution is 2.17. The number of unbranched alkanes of at least 4 members (excludes halogenated alkanes) is 1. The average Bonchev–Trinajstić information content (AvgIpc) is 1.84. The van der Waals surface area contributed by atoms with Crippen molar-refractivity contribution in [1.82, 2.24) is 0 Å². The molecule has 0 spiro atoms. The first-order valence-corrected chi connectivity index (χ1v) is 3.91. The molecule has 0 atom stereocenters. The Kier molecular flexibility index (Phi) is 4.17. The van der Waals surface area contributed by atoms with Crippen LogP contribution in [0.3, 0.4) is 0 Å². The van der Waals surface area contributed by atoms with E-state index in [2.05, 4.69) is 27.4 Å². The van der Waals surface area contributed by atoms with Crippen LogP contribution in [0.5, 0.6) is 0 Å². The van der Waals surface area contributed by atoms with Gasteiger partial charge < -0.3 is 4.74 Å². The molecule has 0 aliphatic heterocycles. The van der Waals surface area contributed by atoms with Gasteiger partial charge in [0.1, 0.15) is 5.60 Å². The molecule has 0 rings (SSSR count). The van der Waals surface area contributed by atoms with E-state index in [0.717, 1.165) is 6.42 Å². The van der Waals surface area contributed by atoms with Gasteiger partial charge in [0.25, 0.3) is 0 Å². The van der Waals surface area contributed by atoms with Crippen LogP contribution in [-0.2, 0) is 4.74 Å². The normalized spacial score (nSPS) is 11.1. The lowest BCUT2D eigenvalue weighted by molar-refractivity contribution is 0.0481. The maximum absolute atomic E-state index is 5.30. The van der Waals surface area contributed by atoms with E-state index in [1.54, 1.807) is 0 Å². The van der Waals surface area contributed by atoms with Crippen molar-refractivity contribution < 1.29 is 4.74 Å². The molecular weight excluding hydrogens is 124 g/mol. The van der Waals surface area contributed by atoms with E-state index < -0.39 is 0 Å². The first kappa shape index (κ1) is 9.54. The smallest absolute Gasteiger partial charge is 0.103 e. The van der Waals surface area contributed by atoms with Crippen LogP contribution in [0.2, 0.25) is 0 Å². The highest BCUT2D eigenvalue weighted by atomic mass is 16.5. The van der Waals surface area contributed by atoms with Crippen molar-refractivity contribution in [1.29, 1.82) is 0 Å². The summed E-state index contributed by atoms with van der Waals surface area (Å²) in [6.07, 6.45) is 5.08. The molecule has 0 aliphatic rings. The van der Waals surface area contributed by atoms with Gasteiger partial charge in [0.05, 0.1) is 6.26 Å². The largest absolute Gasteiger partial charge is 0.496 e. The average molecular weight is 142 g/mol. The number of rotatable bonds is 5. The minimum Gasteiger partial charge on any atom is -0.496 e. The summed E-state index contributed by atoms with van der Waals surface area (Å²) in [6.45, 7) is 9.89. The van der Waals surface area contributed by atoms with Crippen LogP contribution in [0.15, 0.2) is 12.8 Å². The third-order valence-corrected chi connectivity index (χ3v) is 1.53. The lowest BCUT2D eigenvalue weighted by Gasteiger charge is -2.23. The Balaban J connectivity index is 3.51. The van der Waals surface area contributed by atoms with Crippen LogP contribution in [-0.4, -0.2) is 5.60 Å². The zero-order valence-corrected chi connectivity index (χ0v) is 7.31. The summed E-state index contributed by atoms with van der Waals surface area (Å²) in [5.74, 6) is 0. The van der Waals surface area contributed by atoms with E-state index in [0.29, 0.717) is 0 Å². The number of hydrogen-bond acceptors (Lipinski definition) is 1. The van der Waals surface area contributed by atoms with Crippen LogP contribution < -0.4 is 0 Å². The Labute approximate surface area is 64.1 Å². The lowest BCUT2D eigenvalue weighted by Crippen LogP contribution is -2.21. The lowest BCUT2D eigenvalue weighted by atomic mass is 10.0. The highest BCUT2D eigenvalue weighted by molar-refractivity contribution is 4.71. The van der Waals surface area contributed by atoms with Crippen molar-refractivity contribution in [3.63, 3.8) is 0 Å². The summed E-state index contributed by atoms with van der Waals surface area (Å²) in [4.78, 5) is 0. The Morgan fingerprint density at radius 1 is 1.50 bits per heavy atom. The molecule has 0 aromatic rings. The molecule has 0 fully saturated rings. The minimum atomic E-state index is -0.0161. The molecule has 0 aromatic carbocycles. The Hall–Kier alpha value is -0.460. The van der Waals surface area contributed by atoms with Crippen molar-refractivity contribution in [2.45, 2.75) is 45.6 Å². The SMILES string of the molecule is C=COC(C)(C)CCCC. The second-order valence-corrected chi connectivity index (χ2v) is 3.15. The summed E-state index contributed by atoms with van der Waals surface area (Å²) in [5, 5.41) is 0. The van der Waals surface area contributed by atoms with Crippen molar-refractivity contribution in [2.24, 2.45) is 0 Å². The molecule has 0 unspecified atom stereocenters. The van der Waals surface area contributed by atoms with Gasteiger partial charge in [0.2, 0.25) is 0 Å². The molecule has 0 saturated carbocycles. The first-order valence-electron chi connectivity index (χ1n) is 3.91. The van der Waals surface area contributed by atoms with Gasteiger partial charge >= 0.3 is 0 Å². The Morgan fingerprint density at radius 2 is 2.10 bits per heavy atom. The fourth-order valence-corrected chi connectivity index (χ4v) is 0.887. The molecule has 1 nitrogen and oxygen atoms in total. The topological polar surface area (TPSA) is 9.23 Å². The maximum atomic E-state index is 5.30. The summed E-state index contributed by atoms with van der Waals surface area (Å²) >= 11 is 0. The summed E-state index contributed by atoms with van der Waals surface area (Å²) in [5.41, 5.74) is -0.0161. The molecule has 0 radical (unpaired) electrons. The molecule has 0 bridgehead atoms. The molecule has 0 N–H and O–H groups in total. The molecular formula is C9H18O. The highest BCUT2D eigenvalue weighted by Gasteiger charge is 2.15. The third kappa shape index (κ3) is 4.42. The van der Waals surface area contributed by atoms with Crippen molar-refractivity contribution >= 4 is 0 Å². The predicted octanol–water partition coefficient (Wildman–Crippen LogP) is 3.12. The molecule has 0 heterocycles. The third-order valence-electron chi connectivity index (χ3n) is 1.53. The van der Waals surface area contributed by atoms with E-state index >= 15 is 0 Å². The van der Waals surface area contributed by atoms with Crippen LogP contribution in [0, 0.1) is 0 Å².